The zero-order chi connectivity index (χ0) is 18.9. The van der Waals surface area contributed by atoms with Crippen molar-refractivity contribution >= 4 is 35.5 Å². The van der Waals surface area contributed by atoms with Crippen LogP contribution < -0.4 is 9.47 Å². The van der Waals surface area contributed by atoms with E-state index in [1.165, 1.54) is 6.92 Å². The van der Waals surface area contributed by atoms with Crippen LogP contribution in [0.5, 0.6) is 11.5 Å². The first-order valence-electron chi connectivity index (χ1n) is 8.35. The lowest BCUT2D eigenvalue weighted by Gasteiger charge is -2.39. The first kappa shape index (κ1) is 19.2. The van der Waals surface area contributed by atoms with E-state index in [-0.39, 0.29) is 4.08 Å². The summed E-state index contributed by atoms with van der Waals surface area (Å²) < 4.78 is 10.9. The summed E-state index contributed by atoms with van der Waals surface area (Å²) in [4.78, 5) is 32.7. The van der Waals surface area contributed by atoms with Crippen molar-refractivity contribution in [3.63, 3.8) is 0 Å². The van der Waals surface area contributed by atoms with Gasteiger partial charge in [-0.2, -0.15) is 0 Å². The van der Waals surface area contributed by atoms with Gasteiger partial charge in [-0.15, -0.1) is 23.5 Å². The smallest absolute Gasteiger partial charge is 0.359 e. The molecular weight excluding hydrogens is 376 g/mol. The minimum atomic E-state index is -0.651. The van der Waals surface area contributed by atoms with Crippen LogP contribution in [-0.4, -0.2) is 37.2 Å². The van der Waals surface area contributed by atoms with Crippen LogP contribution in [0.2, 0.25) is 0 Å². The Morgan fingerprint density at radius 3 is 2.42 bits per heavy atom. The van der Waals surface area contributed by atoms with Gasteiger partial charge in [0.25, 0.3) is 0 Å². The predicted molar refractivity (Wildman–Crippen MR) is 100 cm³/mol. The van der Waals surface area contributed by atoms with Crippen molar-refractivity contribution < 1.29 is 28.8 Å². The standard InChI is InChI=1S/C18H22O6S2/c1-10-9-25-18(26-10)8-12(17(20)24-23-11(2)19)7-13-14(21-3)5-6-15(22-4)16(13)18/h5-6,10,12H,7-9H2,1-4H3. The van der Waals surface area contributed by atoms with E-state index >= 15 is 0 Å². The molecule has 2 aliphatic rings. The highest BCUT2D eigenvalue weighted by molar-refractivity contribution is 8.21. The maximum Gasteiger partial charge on any atom is 0.359 e. The van der Waals surface area contributed by atoms with Gasteiger partial charge in [0.15, 0.2) is 0 Å². The third-order valence-electron chi connectivity index (χ3n) is 4.54. The molecule has 0 amide bonds. The van der Waals surface area contributed by atoms with Crippen LogP contribution in [0.3, 0.4) is 0 Å². The molecule has 0 N–H and O–H groups in total. The summed E-state index contributed by atoms with van der Waals surface area (Å²) in [6, 6.07) is 3.78. The lowest BCUT2D eigenvalue weighted by molar-refractivity contribution is -0.260. The molecule has 0 saturated carbocycles. The number of rotatable bonds is 3. The highest BCUT2D eigenvalue weighted by Gasteiger charge is 2.51. The van der Waals surface area contributed by atoms with Gasteiger partial charge in [-0.3, -0.25) is 0 Å². The first-order valence-corrected chi connectivity index (χ1v) is 10.2. The Morgan fingerprint density at radius 1 is 1.15 bits per heavy atom. The van der Waals surface area contributed by atoms with Gasteiger partial charge in [0.2, 0.25) is 0 Å². The third-order valence-corrected chi connectivity index (χ3v) is 8.21. The second kappa shape index (κ2) is 7.60. The minimum absolute atomic E-state index is 0.313. The zero-order valence-electron chi connectivity index (χ0n) is 15.2. The van der Waals surface area contributed by atoms with Gasteiger partial charge in [-0.05, 0) is 25.0 Å². The molecule has 142 valence electrons. The van der Waals surface area contributed by atoms with Crippen LogP contribution in [0.1, 0.15) is 31.4 Å². The highest BCUT2D eigenvalue weighted by atomic mass is 32.2. The molecule has 1 spiro atoms. The van der Waals surface area contributed by atoms with Crippen LogP contribution in [-0.2, 0) is 29.9 Å². The van der Waals surface area contributed by atoms with E-state index < -0.39 is 17.9 Å². The molecule has 0 aromatic heterocycles. The maximum absolute atomic E-state index is 12.5. The van der Waals surface area contributed by atoms with Gasteiger partial charge in [-0.1, -0.05) is 6.92 Å². The van der Waals surface area contributed by atoms with Gasteiger partial charge in [0, 0.05) is 29.1 Å². The summed E-state index contributed by atoms with van der Waals surface area (Å²) in [5.74, 6) is 0.911. The highest BCUT2D eigenvalue weighted by Crippen LogP contribution is 2.64. The van der Waals surface area contributed by atoms with Crippen molar-refractivity contribution in [1.29, 1.82) is 0 Å². The summed E-state index contributed by atoms with van der Waals surface area (Å²) in [5, 5.41) is 0.451. The van der Waals surface area contributed by atoms with Crippen LogP contribution in [0.15, 0.2) is 12.1 Å². The Balaban J connectivity index is 2.03. The molecule has 3 atom stereocenters. The molecule has 1 aromatic carbocycles. The predicted octanol–water partition coefficient (Wildman–Crippen LogP) is 3.31. The molecule has 3 unspecified atom stereocenters. The fraction of sp³-hybridized carbons (Fsp3) is 0.556. The quantitative estimate of drug-likeness (QED) is 0.567. The normalized spacial score (nSPS) is 26.9. The van der Waals surface area contributed by atoms with Crippen molar-refractivity contribution in [1.82, 2.24) is 0 Å². The van der Waals surface area contributed by atoms with Crippen molar-refractivity contribution in [3.8, 4) is 11.5 Å². The van der Waals surface area contributed by atoms with Gasteiger partial charge < -0.3 is 9.47 Å². The number of carbonyl (C=O) groups excluding carboxylic acids is 2. The molecule has 0 radical (unpaired) electrons. The zero-order valence-corrected chi connectivity index (χ0v) is 16.8. The summed E-state index contributed by atoms with van der Waals surface area (Å²) in [5.41, 5.74) is 2.05. The molecule has 1 heterocycles. The average Bonchev–Trinajstić information content (AvgIpc) is 2.99. The monoisotopic (exact) mass is 398 g/mol. The largest absolute Gasteiger partial charge is 0.496 e. The molecular formula is C18H22O6S2. The Hall–Kier alpha value is -1.54. The van der Waals surface area contributed by atoms with Crippen LogP contribution >= 0.6 is 23.5 Å². The lowest BCUT2D eigenvalue weighted by atomic mass is 9.82. The van der Waals surface area contributed by atoms with E-state index in [1.54, 1.807) is 14.2 Å². The molecule has 1 aromatic rings. The summed E-state index contributed by atoms with van der Waals surface area (Å²) in [6.07, 6.45) is 1.04. The fourth-order valence-corrected chi connectivity index (χ4v) is 7.48. The Morgan fingerprint density at radius 2 is 1.85 bits per heavy atom. The van der Waals surface area contributed by atoms with Crippen molar-refractivity contribution in [2.75, 3.05) is 20.0 Å². The Bertz CT molecular complexity index is 722. The van der Waals surface area contributed by atoms with Crippen LogP contribution in [0.4, 0.5) is 0 Å². The number of fused-ring (bicyclic) bond motifs is 2. The van der Waals surface area contributed by atoms with Crippen LogP contribution in [0.25, 0.3) is 0 Å². The minimum Gasteiger partial charge on any atom is -0.496 e. The van der Waals surface area contributed by atoms with Gasteiger partial charge in [0.1, 0.15) is 11.5 Å². The Labute approximate surface area is 161 Å². The number of benzene rings is 1. The summed E-state index contributed by atoms with van der Waals surface area (Å²) in [6.45, 7) is 3.38. The van der Waals surface area contributed by atoms with Crippen molar-refractivity contribution in [2.24, 2.45) is 5.92 Å². The number of thioether (sulfide) groups is 2. The number of hydrogen-bond donors (Lipinski definition) is 0. The molecule has 1 aliphatic heterocycles. The van der Waals surface area contributed by atoms with Crippen molar-refractivity contribution in [2.45, 2.75) is 36.0 Å². The van der Waals surface area contributed by atoms with E-state index in [1.807, 2.05) is 35.7 Å². The molecule has 1 saturated heterocycles. The lowest BCUT2D eigenvalue weighted by Crippen LogP contribution is -2.34. The van der Waals surface area contributed by atoms with E-state index in [0.29, 0.717) is 18.1 Å². The maximum atomic E-state index is 12.5. The topological polar surface area (TPSA) is 71.1 Å². The molecule has 0 bridgehead atoms. The van der Waals surface area contributed by atoms with Gasteiger partial charge in [-0.25, -0.2) is 19.4 Å². The molecule has 8 heteroatoms. The summed E-state index contributed by atoms with van der Waals surface area (Å²) in [7, 11) is 3.28. The fourth-order valence-electron chi connectivity index (χ4n) is 3.55. The Kier molecular flexibility index (Phi) is 5.62. The molecule has 26 heavy (non-hydrogen) atoms. The van der Waals surface area contributed by atoms with E-state index in [0.717, 1.165) is 28.4 Å². The molecule has 1 aliphatic carbocycles. The SMILES string of the molecule is COc1ccc(OC)c2c1CC(C(=O)OOC(C)=O)CC21SCC(C)S1. The summed E-state index contributed by atoms with van der Waals surface area (Å²) >= 11 is 3.66. The van der Waals surface area contributed by atoms with Gasteiger partial charge >= 0.3 is 11.9 Å². The second-order valence-electron chi connectivity index (χ2n) is 6.40. The molecule has 1 fully saturated rings. The second-order valence-corrected chi connectivity index (χ2v) is 9.71. The molecule has 3 rings (SSSR count). The number of hydrogen-bond acceptors (Lipinski definition) is 8. The van der Waals surface area contributed by atoms with E-state index in [2.05, 4.69) is 11.8 Å². The third kappa shape index (κ3) is 3.49. The first-order chi connectivity index (χ1) is 12.4. The number of carbonyl (C=O) groups is 2. The van der Waals surface area contributed by atoms with E-state index in [4.69, 9.17) is 14.4 Å². The number of methoxy groups -OCH3 is 2. The number of ether oxygens (including phenoxy) is 2. The van der Waals surface area contributed by atoms with Gasteiger partial charge in [0.05, 0.1) is 24.2 Å². The van der Waals surface area contributed by atoms with Crippen LogP contribution in [0, 0.1) is 5.92 Å². The van der Waals surface area contributed by atoms with Crippen molar-refractivity contribution in [3.05, 3.63) is 23.3 Å². The van der Waals surface area contributed by atoms with E-state index in [9.17, 15) is 9.59 Å². The average molecular weight is 399 g/mol. The molecule has 6 nitrogen and oxygen atoms in total.